The molecular weight excluding hydrogens is 568 g/mol. The summed E-state index contributed by atoms with van der Waals surface area (Å²) in [5, 5.41) is 7.60. The molecule has 9 nitrogen and oxygen atoms in total. The van der Waals surface area contributed by atoms with Crippen molar-refractivity contribution in [1.29, 1.82) is 0 Å². The molecule has 0 heterocycles. The fourth-order valence-electron chi connectivity index (χ4n) is 2.44. The molecule has 2 amide bonds. The Morgan fingerprint density at radius 2 is 1.65 bits per heavy atom. The smallest absolute Gasteiger partial charge is 0.268 e. The van der Waals surface area contributed by atoms with Gasteiger partial charge in [-0.05, 0) is 43.4 Å². The van der Waals surface area contributed by atoms with Crippen LogP contribution in [0.15, 0.2) is 53.4 Å². The molecule has 1 unspecified atom stereocenters. The van der Waals surface area contributed by atoms with Crippen molar-refractivity contribution in [3.63, 3.8) is 0 Å². The predicted molar refractivity (Wildman–Crippen MR) is 138 cm³/mol. The number of rotatable bonds is 8. The van der Waals surface area contributed by atoms with Crippen molar-refractivity contribution in [2.24, 2.45) is 0 Å². The van der Waals surface area contributed by atoms with Crippen LogP contribution in [-0.2, 0) is 14.8 Å². The number of hydrogen-bond donors (Lipinski definition) is 5. The summed E-state index contributed by atoms with van der Waals surface area (Å²) in [5.41, 5.74) is 3.29. The lowest BCUT2D eigenvalue weighted by atomic mass is 10.1. The number of hydrogen-bond acceptors (Lipinski definition) is 5. The van der Waals surface area contributed by atoms with Crippen molar-refractivity contribution in [1.82, 2.24) is 20.9 Å². The number of nitrogens with one attached hydrogen (secondary N) is 5. The zero-order valence-corrected chi connectivity index (χ0v) is 22.0. The van der Waals surface area contributed by atoms with Crippen molar-refractivity contribution in [3.8, 4) is 0 Å². The Morgan fingerprint density at radius 3 is 2.24 bits per heavy atom. The largest absolute Gasteiger partial charge is 0.339 e. The summed E-state index contributed by atoms with van der Waals surface area (Å²) in [6, 6.07) is 12.2. The summed E-state index contributed by atoms with van der Waals surface area (Å²) in [7, 11) is -4.00. The number of aryl methyl sites for hydroxylation is 1. The minimum absolute atomic E-state index is 0.0214. The van der Waals surface area contributed by atoms with Gasteiger partial charge in [0.1, 0.15) is 12.0 Å². The van der Waals surface area contributed by atoms with Crippen LogP contribution in [0.5, 0.6) is 0 Å². The van der Waals surface area contributed by atoms with Crippen molar-refractivity contribution < 1.29 is 18.0 Å². The van der Waals surface area contributed by atoms with Crippen LogP contribution in [0.25, 0.3) is 0 Å². The van der Waals surface area contributed by atoms with E-state index in [1.165, 1.54) is 24.3 Å². The van der Waals surface area contributed by atoms with Crippen LogP contribution in [0.4, 0.5) is 5.69 Å². The predicted octanol–water partition coefficient (Wildman–Crippen LogP) is 2.96. The molecule has 184 valence electrons. The summed E-state index contributed by atoms with van der Waals surface area (Å²) in [6.45, 7) is 1.82. The molecule has 0 bridgehead atoms. The minimum Gasteiger partial charge on any atom is -0.339 e. The van der Waals surface area contributed by atoms with Crippen molar-refractivity contribution in [2.75, 3.05) is 11.2 Å². The maximum atomic E-state index is 12.7. The fraction of sp³-hybridized carbons (Fsp3) is 0.211. The first kappa shape index (κ1) is 28.4. The summed E-state index contributed by atoms with van der Waals surface area (Å²) < 4.78 is 22.8. The number of carbonyl (C=O) groups excluding carboxylic acids is 2. The first-order chi connectivity index (χ1) is 15.8. The molecule has 0 saturated carbocycles. The molecule has 0 aliphatic rings. The van der Waals surface area contributed by atoms with E-state index in [-0.39, 0.29) is 27.1 Å². The quantitative estimate of drug-likeness (QED) is 0.139. The fourth-order valence-corrected chi connectivity index (χ4v) is 3.91. The number of thiocarbonyl (C=S) groups is 1. The van der Waals surface area contributed by atoms with Crippen LogP contribution in [0.3, 0.4) is 0 Å². The number of benzene rings is 2. The van der Waals surface area contributed by atoms with E-state index < -0.39 is 31.8 Å². The van der Waals surface area contributed by atoms with Gasteiger partial charge in [0.25, 0.3) is 15.9 Å². The molecule has 0 aliphatic heterocycles. The minimum atomic E-state index is -4.00. The molecule has 0 aliphatic carbocycles. The highest BCUT2D eigenvalue weighted by Gasteiger charge is 2.34. The van der Waals surface area contributed by atoms with Crippen molar-refractivity contribution in [2.45, 2.75) is 21.8 Å². The second-order valence-electron chi connectivity index (χ2n) is 6.69. The van der Waals surface area contributed by atoms with Gasteiger partial charge >= 0.3 is 0 Å². The Kier molecular flexibility index (Phi) is 10.2. The normalized spacial score (nSPS) is 12.4. The third kappa shape index (κ3) is 8.42. The molecule has 2 aromatic rings. The number of halogens is 4. The molecule has 15 heteroatoms. The highest BCUT2D eigenvalue weighted by atomic mass is 35.6. The summed E-state index contributed by atoms with van der Waals surface area (Å²) in [4.78, 5) is 26.3. The summed E-state index contributed by atoms with van der Waals surface area (Å²) in [6.07, 6.45) is -1.24. The van der Waals surface area contributed by atoms with Gasteiger partial charge in [0.05, 0.1) is 16.1 Å². The van der Waals surface area contributed by atoms with Gasteiger partial charge in [-0.1, -0.05) is 64.6 Å². The summed E-state index contributed by atoms with van der Waals surface area (Å²) in [5.74, 6) is -1.76. The Bertz CT molecular complexity index is 1160. The highest BCUT2D eigenvalue weighted by molar-refractivity contribution is 7.89. The van der Waals surface area contributed by atoms with E-state index in [4.69, 9.17) is 58.6 Å². The van der Waals surface area contributed by atoms with Gasteiger partial charge in [0.2, 0.25) is 9.70 Å². The Balaban J connectivity index is 2.11. The lowest BCUT2D eigenvalue weighted by molar-refractivity contribution is -0.119. The average Bonchev–Trinajstić information content (AvgIpc) is 2.77. The summed E-state index contributed by atoms with van der Waals surface area (Å²) >= 11 is 28.3. The number of alkyl halides is 4. The van der Waals surface area contributed by atoms with E-state index in [0.717, 1.165) is 5.56 Å². The highest BCUT2D eigenvalue weighted by Crippen LogP contribution is 2.29. The number of anilines is 1. The van der Waals surface area contributed by atoms with Gasteiger partial charge in [-0.15, -0.1) is 16.4 Å². The van der Waals surface area contributed by atoms with Crippen molar-refractivity contribution >= 4 is 91.3 Å². The molecule has 0 fully saturated rings. The number of carbonyl (C=O) groups is 2. The second kappa shape index (κ2) is 12.2. The molecule has 0 aromatic heterocycles. The van der Waals surface area contributed by atoms with Crippen LogP contribution in [0.2, 0.25) is 0 Å². The molecule has 0 saturated heterocycles. The Labute approximate surface area is 221 Å². The van der Waals surface area contributed by atoms with Crippen LogP contribution >= 0.6 is 58.6 Å². The van der Waals surface area contributed by atoms with Crippen LogP contribution in [-0.4, -0.2) is 41.2 Å². The van der Waals surface area contributed by atoms with Gasteiger partial charge in [-0.25, -0.2) is 8.42 Å². The first-order valence-electron chi connectivity index (χ1n) is 9.31. The maximum Gasteiger partial charge on any atom is 0.268 e. The molecular formula is C19H19Cl4N5O4S2. The molecule has 34 heavy (non-hydrogen) atoms. The molecule has 5 N–H and O–H groups in total. The van der Waals surface area contributed by atoms with Crippen molar-refractivity contribution in [3.05, 3.63) is 59.7 Å². The lowest BCUT2D eigenvalue weighted by Crippen LogP contribution is -2.56. The van der Waals surface area contributed by atoms with Gasteiger partial charge in [0, 0.05) is 0 Å². The van der Waals surface area contributed by atoms with E-state index in [9.17, 15) is 18.0 Å². The van der Waals surface area contributed by atoms with Gasteiger partial charge in [0.15, 0.2) is 5.11 Å². The van der Waals surface area contributed by atoms with Crippen LogP contribution < -0.4 is 26.2 Å². The first-order valence-corrected chi connectivity index (χ1v) is 12.9. The van der Waals surface area contributed by atoms with E-state index in [2.05, 4.69) is 21.4 Å². The SMILES string of the molecule is Cc1ccc(S(=O)(=O)NNC(=O)c2ccccc2NC(=S)NC(NC(=O)CCl)C(Cl)(Cl)Cl)cc1. The van der Waals surface area contributed by atoms with Gasteiger partial charge in [-0.3, -0.25) is 15.0 Å². The monoisotopic (exact) mass is 585 g/mol. The topological polar surface area (TPSA) is 128 Å². The molecule has 2 rings (SSSR count). The van der Waals surface area contributed by atoms with Gasteiger partial charge < -0.3 is 16.0 Å². The van der Waals surface area contributed by atoms with Crippen LogP contribution in [0.1, 0.15) is 15.9 Å². The van der Waals surface area contributed by atoms with E-state index >= 15 is 0 Å². The Hall–Kier alpha value is -1.86. The van der Waals surface area contributed by atoms with Crippen LogP contribution in [0, 0.1) is 6.92 Å². The molecule has 2 aromatic carbocycles. The Morgan fingerprint density at radius 1 is 1.03 bits per heavy atom. The molecule has 1 atom stereocenters. The standard InChI is InChI=1S/C19H19Cl4N5O4S2/c1-11-6-8-12(9-7-11)34(31,32)28-27-16(30)13-4-2-3-5-14(13)24-18(33)26-17(19(21,22)23)25-15(29)10-20/h2-9,17,28H,10H2,1H3,(H,25,29)(H,27,30)(H2,24,26,33). The zero-order chi connectivity index (χ0) is 25.5. The van der Waals surface area contributed by atoms with E-state index in [1.807, 2.05) is 11.8 Å². The number of sulfonamides is 1. The third-order valence-electron chi connectivity index (χ3n) is 4.08. The number of para-hydroxylation sites is 1. The maximum absolute atomic E-state index is 12.7. The lowest BCUT2D eigenvalue weighted by Gasteiger charge is -2.27. The second-order valence-corrected chi connectivity index (χ2v) is 11.4. The molecule has 0 radical (unpaired) electrons. The number of amides is 2. The molecule has 0 spiro atoms. The van der Waals surface area contributed by atoms with E-state index in [0.29, 0.717) is 0 Å². The van der Waals surface area contributed by atoms with E-state index in [1.54, 1.807) is 24.3 Å². The van der Waals surface area contributed by atoms with Gasteiger partial charge in [-0.2, -0.15) is 0 Å². The number of hydrazine groups is 1. The average molecular weight is 587 g/mol. The third-order valence-corrected chi connectivity index (χ3v) is 6.46. The zero-order valence-electron chi connectivity index (χ0n) is 17.4.